The van der Waals surface area contributed by atoms with Gasteiger partial charge in [0, 0.05) is 6.54 Å². The molecule has 3 N–H and O–H groups in total. The van der Waals surface area contributed by atoms with Gasteiger partial charge in [0.25, 0.3) is 0 Å². The zero-order chi connectivity index (χ0) is 17.6. The topological polar surface area (TPSA) is 79.5 Å². The quantitative estimate of drug-likeness (QED) is 0.779. The first kappa shape index (κ1) is 18.8. The molecule has 0 saturated heterocycles. The smallest absolute Gasteiger partial charge is 0.321 e. The van der Waals surface area contributed by atoms with Crippen LogP contribution in [0.1, 0.15) is 40.2 Å². The number of rotatable bonds is 5. The second kappa shape index (κ2) is 7.85. The van der Waals surface area contributed by atoms with E-state index in [9.17, 15) is 9.59 Å². The van der Waals surface area contributed by atoms with Crippen molar-refractivity contribution in [3.05, 3.63) is 23.8 Å². The average molecular weight is 321 g/mol. The Morgan fingerprint density at radius 1 is 1.26 bits per heavy atom. The van der Waals surface area contributed by atoms with Crippen LogP contribution in [-0.2, 0) is 10.2 Å². The maximum Gasteiger partial charge on any atom is 0.321 e. The van der Waals surface area contributed by atoms with Gasteiger partial charge in [-0.15, -0.1) is 0 Å². The number of carbonyl (C=O) groups excluding carboxylic acids is 2. The third kappa shape index (κ3) is 5.47. The molecule has 6 nitrogen and oxygen atoms in total. The van der Waals surface area contributed by atoms with Crippen molar-refractivity contribution in [2.45, 2.75) is 46.1 Å². The maximum atomic E-state index is 12.0. The number of carbonyl (C=O) groups is 2. The second-order valence-corrected chi connectivity index (χ2v) is 6.38. The largest absolute Gasteiger partial charge is 0.495 e. The van der Waals surface area contributed by atoms with Crippen LogP contribution < -0.4 is 20.7 Å². The molecule has 128 valence electrons. The number of urea groups is 1. The van der Waals surface area contributed by atoms with Crippen LogP contribution in [0.3, 0.4) is 0 Å². The van der Waals surface area contributed by atoms with Gasteiger partial charge < -0.3 is 15.4 Å². The summed E-state index contributed by atoms with van der Waals surface area (Å²) < 4.78 is 5.34. The fraction of sp³-hybridized carbons (Fsp3) is 0.529. The van der Waals surface area contributed by atoms with Crippen molar-refractivity contribution in [1.29, 1.82) is 0 Å². The molecule has 0 saturated carbocycles. The van der Waals surface area contributed by atoms with E-state index in [1.54, 1.807) is 21.0 Å². The average Bonchev–Trinajstić information content (AvgIpc) is 2.46. The molecule has 0 unspecified atom stereocenters. The molecule has 1 rings (SSSR count). The lowest BCUT2D eigenvalue weighted by Gasteiger charge is -2.23. The van der Waals surface area contributed by atoms with Crippen LogP contribution in [-0.4, -0.2) is 31.6 Å². The van der Waals surface area contributed by atoms with Crippen molar-refractivity contribution in [2.24, 2.45) is 0 Å². The van der Waals surface area contributed by atoms with Crippen LogP contribution >= 0.6 is 0 Å². The third-order valence-electron chi connectivity index (χ3n) is 3.40. The van der Waals surface area contributed by atoms with Crippen LogP contribution in [0.5, 0.6) is 5.75 Å². The number of amides is 3. The molecule has 0 aromatic heterocycles. The number of imide groups is 1. The van der Waals surface area contributed by atoms with Crippen LogP contribution in [0.15, 0.2) is 18.2 Å². The predicted octanol–water partition coefficient (Wildman–Crippen LogP) is 2.64. The summed E-state index contributed by atoms with van der Waals surface area (Å²) in [7, 11) is 1.58. The van der Waals surface area contributed by atoms with Crippen LogP contribution in [0.4, 0.5) is 10.5 Å². The Morgan fingerprint density at radius 3 is 2.43 bits per heavy atom. The number of nitrogens with one attached hydrogen (secondary N) is 3. The van der Waals surface area contributed by atoms with E-state index in [0.29, 0.717) is 12.3 Å². The summed E-state index contributed by atoms with van der Waals surface area (Å²) in [5.41, 5.74) is 1.82. The maximum absolute atomic E-state index is 12.0. The minimum atomic E-state index is -0.582. The minimum Gasteiger partial charge on any atom is -0.495 e. The Morgan fingerprint density at radius 2 is 1.91 bits per heavy atom. The van der Waals surface area contributed by atoms with Crippen LogP contribution in [0, 0.1) is 0 Å². The molecular weight excluding hydrogens is 294 g/mol. The number of benzene rings is 1. The number of hydrogen-bond donors (Lipinski definition) is 3. The third-order valence-corrected chi connectivity index (χ3v) is 3.40. The minimum absolute atomic E-state index is 0.0186. The van der Waals surface area contributed by atoms with Gasteiger partial charge in [-0.25, -0.2) is 4.79 Å². The van der Waals surface area contributed by atoms with E-state index in [4.69, 9.17) is 4.74 Å². The monoisotopic (exact) mass is 321 g/mol. The van der Waals surface area contributed by atoms with E-state index < -0.39 is 18.0 Å². The summed E-state index contributed by atoms with van der Waals surface area (Å²) >= 11 is 0. The van der Waals surface area contributed by atoms with Gasteiger partial charge in [0.1, 0.15) is 11.8 Å². The molecular formula is C17H27N3O3. The fourth-order valence-electron chi connectivity index (χ4n) is 2.01. The lowest BCUT2D eigenvalue weighted by molar-refractivity contribution is -0.120. The number of anilines is 1. The van der Waals surface area contributed by atoms with Gasteiger partial charge in [0.2, 0.25) is 5.91 Å². The van der Waals surface area contributed by atoms with Gasteiger partial charge in [-0.3, -0.25) is 10.1 Å². The number of methoxy groups -OCH3 is 1. The molecule has 0 spiro atoms. The molecule has 6 heteroatoms. The van der Waals surface area contributed by atoms with Gasteiger partial charge in [-0.05, 0) is 37.0 Å². The van der Waals surface area contributed by atoms with E-state index >= 15 is 0 Å². The molecule has 0 aliphatic heterocycles. The van der Waals surface area contributed by atoms with E-state index in [-0.39, 0.29) is 5.41 Å². The molecule has 0 radical (unpaired) electrons. The molecule has 0 fully saturated rings. The highest BCUT2D eigenvalue weighted by atomic mass is 16.5. The molecule has 0 heterocycles. The summed E-state index contributed by atoms with van der Waals surface area (Å²) in [4.78, 5) is 23.5. The molecule has 1 aromatic rings. The van der Waals surface area contributed by atoms with Crippen molar-refractivity contribution in [3.63, 3.8) is 0 Å². The summed E-state index contributed by atoms with van der Waals surface area (Å²) in [6.07, 6.45) is 0. The van der Waals surface area contributed by atoms with E-state index in [1.807, 2.05) is 18.2 Å². The Bertz CT molecular complexity index is 565. The Balaban J connectivity index is 2.89. The Kier molecular flexibility index (Phi) is 6.42. The number of hydrogen-bond acceptors (Lipinski definition) is 4. The highest BCUT2D eigenvalue weighted by Crippen LogP contribution is 2.31. The van der Waals surface area contributed by atoms with Crippen molar-refractivity contribution >= 4 is 17.6 Å². The van der Waals surface area contributed by atoms with Crippen molar-refractivity contribution in [2.75, 3.05) is 19.0 Å². The normalized spacial score (nSPS) is 12.3. The van der Waals surface area contributed by atoms with Crippen LogP contribution in [0.2, 0.25) is 0 Å². The molecule has 0 bridgehead atoms. The van der Waals surface area contributed by atoms with Gasteiger partial charge in [-0.2, -0.15) is 0 Å². The first-order valence-corrected chi connectivity index (χ1v) is 7.72. The van der Waals surface area contributed by atoms with Crippen molar-refractivity contribution < 1.29 is 14.3 Å². The molecule has 1 aromatic carbocycles. The van der Waals surface area contributed by atoms with Gasteiger partial charge in [0.05, 0.1) is 12.8 Å². The standard InChI is InChI=1S/C17H27N3O3/c1-7-18-16(22)20-15(21)11(2)19-13-10-12(17(3,4)5)8-9-14(13)23-6/h8-11,19H,7H2,1-6H3,(H2,18,20,21,22)/t11-/m0/s1. The van der Waals surface area contributed by atoms with Gasteiger partial charge >= 0.3 is 6.03 Å². The Hall–Kier alpha value is -2.24. The Labute approximate surface area is 138 Å². The lowest BCUT2D eigenvalue weighted by Crippen LogP contribution is -2.45. The van der Waals surface area contributed by atoms with Gasteiger partial charge in [0.15, 0.2) is 0 Å². The summed E-state index contributed by atoms with van der Waals surface area (Å²) in [6.45, 7) is 10.3. The zero-order valence-electron chi connectivity index (χ0n) is 14.7. The zero-order valence-corrected chi connectivity index (χ0v) is 14.7. The van der Waals surface area contributed by atoms with Crippen molar-refractivity contribution in [3.8, 4) is 5.75 Å². The SMILES string of the molecule is CCNC(=O)NC(=O)[C@H](C)Nc1cc(C(C)(C)C)ccc1OC. The molecule has 0 aliphatic carbocycles. The first-order chi connectivity index (χ1) is 10.7. The summed E-state index contributed by atoms with van der Waals surface area (Å²) in [5.74, 6) is 0.245. The lowest BCUT2D eigenvalue weighted by atomic mass is 9.86. The molecule has 3 amide bonds. The highest BCUT2D eigenvalue weighted by molar-refractivity contribution is 5.98. The predicted molar refractivity (Wildman–Crippen MR) is 92.0 cm³/mol. The molecule has 23 heavy (non-hydrogen) atoms. The van der Waals surface area contributed by atoms with E-state index in [1.165, 1.54) is 0 Å². The summed E-state index contributed by atoms with van der Waals surface area (Å²) in [5, 5.41) is 7.92. The summed E-state index contributed by atoms with van der Waals surface area (Å²) in [6, 6.07) is 4.76. The molecule has 0 aliphatic rings. The van der Waals surface area contributed by atoms with E-state index in [2.05, 4.69) is 36.7 Å². The first-order valence-electron chi connectivity index (χ1n) is 7.72. The van der Waals surface area contributed by atoms with Gasteiger partial charge in [-0.1, -0.05) is 26.8 Å². The number of ether oxygens (including phenoxy) is 1. The molecule has 1 atom stereocenters. The van der Waals surface area contributed by atoms with Crippen LogP contribution in [0.25, 0.3) is 0 Å². The highest BCUT2D eigenvalue weighted by Gasteiger charge is 2.19. The fourth-order valence-corrected chi connectivity index (χ4v) is 2.01. The second-order valence-electron chi connectivity index (χ2n) is 6.38. The van der Waals surface area contributed by atoms with E-state index in [0.717, 1.165) is 11.3 Å². The van der Waals surface area contributed by atoms with Crippen molar-refractivity contribution in [1.82, 2.24) is 10.6 Å².